The maximum Gasteiger partial charge on any atom is 0.229 e. The summed E-state index contributed by atoms with van der Waals surface area (Å²) >= 11 is 0. The molecule has 73 heavy (non-hydrogen) atoms. The third-order valence-electron chi connectivity index (χ3n) is 13.2. The van der Waals surface area contributed by atoms with Crippen molar-refractivity contribution < 1.29 is 79.5 Å². The van der Waals surface area contributed by atoms with Crippen molar-refractivity contribution in [2.45, 2.75) is 122 Å². The molecular weight excluding hydrogens is 941 g/mol. The molecule has 2 saturated heterocycles. The van der Waals surface area contributed by atoms with Gasteiger partial charge in [0.25, 0.3) is 0 Å². The fourth-order valence-electron chi connectivity index (χ4n) is 8.97. The number of rotatable bonds is 14. The summed E-state index contributed by atoms with van der Waals surface area (Å²) in [6, 6.07) is 31.5. The van der Waals surface area contributed by atoms with Crippen LogP contribution in [0.2, 0.25) is 0 Å². The Labute approximate surface area is 426 Å². The van der Waals surface area contributed by atoms with Crippen LogP contribution in [0.5, 0.6) is 23.0 Å². The molecule has 0 saturated carbocycles. The lowest BCUT2D eigenvalue weighted by Crippen LogP contribution is -2.60. The minimum absolute atomic E-state index is 0.00930. The van der Waals surface area contributed by atoms with E-state index in [1.54, 1.807) is 24.3 Å². The van der Waals surface area contributed by atoms with Crippen LogP contribution in [0.3, 0.4) is 0 Å². The molecule has 0 aliphatic carbocycles. The van der Waals surface area contributed by atoms with Crippen LogP contribution in [0.15, 0.2) is 97.1 Å². The molecule has 8 rings (SSSR count). The average Bonchev–Trinajstić information content (AvgIpc) is 3.36. The van der Waals surface area contributed by atoms with Crippen LogP contribution in [-0.2, 0) is 14.9 Å². The molecule has 16 nitrogen and oxygen atoms in total. The van der Waals surface area contributed by atoms with Gasteiger partial charge < -0.3 is 79.5 Å². The van der Waals surface area contributed by atoms with E-state index in [0.29, 0.717) is 24.7 Å². The number of aliphatic hydroxyl groups excluding tert-OH is 10. The first kappa shape index (κ1) is 56.8. The van der Waals surface area contributed by atoms with Crippen molar-refractivity contribution in [3.63, 3.8) is 0 Å². The molecule has 0 radical (unpaired) electrons. The van der Waals surface area contributed by atoms with E-state index >= 15 is 0 Å². The van der Waals surface area contributed by atoms with Crippen LogP contribution < -0.4 is 18.9 Å². The van der Waals surface area contributed by atoms with Crippen LogP contribution in [-0.4, -0.2) is 152 Å². The first-order chi connectivity index (χ1) is 34.7. The second-order valence-corrected chi connectivity index (χ2v) is 19.3. The summed E-state index contributed by atoms with van der Waals surface area (Å²) in [5.74, 6) is 2.63. The molecular formula is C57H72O16. The molecule has 2 aliphatic rings. The minimum atomic E-state index is -1.45. The van der Waals surface area contributed by atoms with Crippen LogP contribution >= 0.6 is 0 Å². The number of benzene rings is 6. The van der Waals surface area contributed by atoms with Gasteiger partial charge in [0.15, 0.2) is 0 Å². The van der Waals surface area contributed by atoms with Gasteiger partial charge in [-0.3, -0.25) is 0 Å². The highest BCUT2D eigenvalue weighted by molar-refractivity contribution is 5.85. The van der Waals surface area contributed by atoms with Crippen LogP contribution in [0.1, 0.15) is 58.4 Å². The van der Waals surface area contributed by atoms with Gasteiger partial charge in [0.2, 0.25) is 12.6 Å². The SMILES string of the molecule is Cc1cc(C(C)(C)c2cc(C)c(OCCO)c(C)c2)cc(C)c1OCCO.Cc1ccc2cc(O[C@@H]3O[C@H](CO)[C@@H](O)[C@H](O)[C@H]3O)ccc2c1.Cc1ccc2cc(O[C@@H]3O[C@H](CO)[C@H](O)[C@H](O)[C@H]3O)ccc2c1. The maximum atomic E-state index is 9.99. The summed E-state index contributed by atoms with van der Waals surface area (Å²) in [4.78, 5) is 0. The lowest BCUT2D eigenvalue weighted by atomic mass is 9.76. The largest absolute Gasteiger partial charge is 0.491 e. The van der Waals surface area contributed by atoms with Gasteiger partial charge in [0.1, 0.15) is 85.0 Å². The van der Waals surface area contributed by atoms with Crippen LogP contribution in [0.25, 0.3) is 21.5 Å². The zero-order valence-electron chi connectivity index (χ0n) is 42.7. The van der Waals surface area contributed by atoms with Crippen LogP contribution in [0, 0.1) is 41.5 Å². The third kappa shape index (κ3) is 13.7. The minimum Gasteiger partial charge on any atom is -0.491 e. The van der Waals surface area contributed by atoms with Crippen LogP contribution in [0.4, 0.5) is 0 Å². The van der Waals surface area contributed by atoms with Gasteiger partial charge in [-0.1, -0.05) is 97.8 Å². The lowest BCUT2D eigenvalue weighted by molar-refractivity contribution is -0.277. The molecule has 2 aliphatic heterocycles. The van der Waals surface area contributed by atoms with E-state index in [1.165, 1.54) is 11.1 Å². The highest BCUT2D eigenvalue weighted by Gasteiger charge is 2.46. The molecule has 0 unspecified atom stereocenters. The van der Waals surface area contributed by atoms with Gasteiger partial charge in [0, 0.05) is 5.41 Å². The van der Waals surface area contributed by atoms with Gasteiger partial charge in [-0.05, 0) is 121 Å². The third-order valence-corrected chi connectivity index (χ3v) is 13.2. The standard InChI is InChI=1S/C23H32O4.2C17H20O6/c1-15-11-19(12-16(2)21(15)26-9-7-24)23(5,6)20-13-17(3)22(18(4)14-20)27-10-8-25;2*1-9-2-3-11-7-12(5-4-10(11)6-9)22-17-16(21)15(20)14(19)13(8-18)23-17/h11-14,24-25H,7-10H2,1-6H3;2*2-7,13-21H,8H2,1H3/t;13-,14+,15+,16-,17-;13-,14-,15+,16-,17-/m.11/s1. The molecule has 2 heterocycles. The predicted molar refractivity (Wildman–Crippen MR) is 275 cm³/mol. The van der Waals surface area contributed by atoms with Gasteiger partial charge in [-0.2, -0.15) is 0 Å². The van der Waals surface area contributed by atoms with Gasteiger partial charge in [-0.25, -0.2) is 0 Å². The Kier molecular flexibility index (Phi) is 19.6. The average molecular weight is 1010 g/mol. The predicted octanol–water partition coefficient (Wildman–Crippen LogP) is 4.64. The summed E-state index contributed by atoms with van der Waals surface area (Å²) in [5, 5.41) is 99.5. The molecule has 396 valence electrons. The number of aryl methyl sites for hydroxylation is 6. The molecule has 0 amide bonds. The van der Waals surface area contributed by atoms with E-state index in [4.69, 9.17) is 38.6 Å². The fraction of sp³-hybridized carbons (Fsp3) is 0.439. The lowest BCUT2D eigenvalue weighted by Gasteiger charge is -2.39. The summed E-state index contributed by atoms with van der Waals surface area (Å²) in [6.07, 6.45) is -12.8. The van der Waals surface area contributed by atoms with Crippen molar-refractivity contribution in [1.82, 2.24) is 0 Å². The van der Waals surface area contributed by atoms with Gasteiger partial charge >= 0.3 is 0 Å². The summed E-state index contributed by atoms with van der Waals surface area (Å²) < 4.78 is 33.3. The maximum absolute atomic E-state index is 9.99. The van der Waals surface area contributed by atoms with Crippen molar-refractivity contribution >= 4 is 21.5 Å². The normalized spacial score (nSPS) is 24.0. The molecule has 16 heteroatoms. The highest BCUT2D eigenvalue weighted by atomic mass is 16.7. The van der Waals surface area contributed by atoms with Crippen molar-refractivity contribution in [2.75, 3.05) is 39.6 Å². The van der Waals surface area contributed by atoms with E-state index in [-0.39, 0.29) is 18.6 Å². The molecule has 6 aromatic rings. The second-order valence-electron chi connectivity index (χ2n) is 19.3. The molecule has 6 aromatic carbocycles. The number of fused-ring (bicyclic) bond motifs is 2. The Morgan fingerprint density at radius 3 is 1.08 bits per heavy atom. The molecule has 0 aromatic heterocycles. The van der Waals surface area contributed by atoms with Gasteiger partial charge in [0.05, 0.1) is 26.4 Å². The smallest absolute Gasteiger partial charge is 0.229 e. The fourth-order valence-corrected chi connectivity index (χ4v) is 8.97. The molecule has 0 bridgehead atoms. The monoisotopic (exact) mass is 1010 g/mol. The van der Waals surface area contributed by atoms with E-state index in [1.807, 2.05) is 90.1 Å². The Hall–Kier alpha value is -5.44. The van der Waals surface area contributed by atoms with Crippen molar-refractivity contribution in [3.8, 4) is 23.0 Å². The Bertz CT molecular complexity index is 2530. The zero-order valence-corrected chi connectivity index (χ0v) is 42.7. The first-order valence-corrected chi connectivity index (χ1v) is 24.4. The Morgan fingerprint density at radius 2 is 0.753 bits per heavy atom. The number of ether oxygens (including phenoxy) is 6. The quantitative estimate of drug-likeness (QED) is 0.0713. The Balaban J connectivity index is 0.000000179. The number of aliphatic hydroxyl groups is 10. The molecule has 2 fully saturated rings. The zero-order chi connectivity index (χ0) is 53.3. The van der Waals surface area contributed by atoms with E-state index < -0.39 is 74.6 Å². The summed E-state index contributed by atoms with van der Waals surface area (Å²) in [7, 11) is 0. The topological polar surface area (TPSA) is 258 Å². The summed E-state index contributed by atoms with van der Waals surface area (Å²) in [5.41, 5.74) is 8.85. The summed E-state index contributed by atoms with van der Waals surface area (Å²) in [6.45, 7) is 16.3. The number of hydrogen-bond acceptors (Lipinski definition) is 16. The molecule has 10 atom stereocenters. The van der Waals surface area contributed by atoms with Gasteiger partial charge in [-0.15, -0.1) is 0 Å². The van der Waals surface area contributed by atoms with E-state index in [0.717, 1.165) is 66.4 Å². The Morgan fingerprint density at radius 1 is 0.425 bits per heavy atom. The first-order valence-electron chi connectivity index (χ1n) is 24.4. The van der Waals surface area contributed by atoms with E-state index in [9.17, 15) is 40.9 Å². The van der Waals surface area contributed by atoms with Crippen molar-refractivity contribution in [2.24, 2.45) is 0 Å². The van der Waals surface area contributed by atoms with Crippen molar-refractivity contribution in [3.05, 3.63) is 142 Å². The number of hydrogen-bond donors (Lipinski definition) is 10. The molecule has 10 N–H and O–H groups in total. The van der Waals surface area contributed by atoms with E-state index in [2.05, 4.69) is 38.1 Å². The highest BCUT2D eigenvalue weighted by Crippen LogP contribution is 2.39. The van der Waals surface area contributed by atoms with Crippen molar-refractivity contribution in [1.29, 1.82) is 0 Å². The molecule has 0 spiro atoms. The second kappa shape index (κ2) is 25.2.